The summed E-state index contributed by atoms with van der Waals surface area (Å²) in [5.41, 5.74) is -0.00118. The first-order valence-corrected chi connectivity index (χ1v) is 10.2. The second kappa shape index (κ2) is 11.3. The maximum Gasteiger partial charge on any atom is 0.408 e. The molecule has 0 saturated carbocycles. The maximum absolute atomic E-state index is 13.2. The van der Waals surface area contributed by atoms with Crippen LogP contribution in [0.1, 0.15) is 51.8 Å². The third-order valence-electron chi connectivity index (χ3n) is 4.22. The van der Waals surface area contributed by atoms with E-state index in [0.29, 0.717) is 11.1 Å². The van der Waals surface area contributed by atoms with Crippen LogP contribution in [0.2, 0.25) is 0 Å². The molecular formula is C22H32N4O6. The van der Waals surface area contributed by atoms with Crippen molar-refractivity contribution in [3.05, 3.63) is 29.3 Å². The lowest BCUT2D eigenvalue weighted by atomic mass is 10.00. The SMILES string of the molecule is Cc1cc(C(C(=O)NC(C)C)N(CC#N)C(=O)C(CO)NC(=O)OC(C)(C)C)ccc1O. The number of carbonyl (C=O) groups is 3. The molecule has 0 aliphatic rings. The summed E-state index contributed by atoms with van der Waals surface area (Å²) in [6.45, 7) is 8.79. The van der Waals surface area contributed by atoms with Gasteiger partial charge in [-0.1, -0.05) is 6.07 Å². The molecule has 0 fully saturated rings. The molecule has 0 aliphatic heterocycles. The van der Waals surface area contributed by atoms with E-state index in [9.17, 15) is 29.9 Å². The molecule has 176 valence electrons. The van der Waals surface area contributed by atoms with Gasteiger partial charge in [-0.2, -0.15) is 5.26 Å². The highest BCUT2D eigenvalue weighted by atomic mass is 16.6. The fourth-order valence-electron chi connectivity index (χ4n) is 2.89. The number of aliphatic hydroxyl groups excluding tert-OH is 1. The van der Waals surface area contributed by atoms with Crippen LogP contribution in [-0.2, 0) is 14.3 Å². The summed E-state index contributed by atoms with van der Waals surface area (Å²) in [7, 11) is 0. The van der Waals surface area contributed by atoms with Gasteiger partial charge in [-0.25, -0.2) is 4.79 Å². The van der Waals surface area contributed by atoms with Crippen molar-refractivity contribution in [2.45, 2.75) is 65.3 Å². The number of phenols is 1. The summed E-state index contributed by atoms with van der Waals surface area (Å²) >= 11 is 0. The van der Waals surface area contributed by atoms with Crippen LogP contribution in [-0.4, -0.2) is 63.9 Å². The number of aryl methyl sites for hydroxylation is 1. The molecule has 0 bridgehead atoms. The summed E-state index contributed by atoms with van der Waals surface area (Å²) in [6.07, 6.45) is -0.925. The van der Waals surface area contributed by atoms with E-state index >= 15 is 0 Å². The number of ether oxygens (including phenoxy) is 1. The number of nitrogens with one attached hydrogen (secondary N) is 2. The standard InChI is InChI=1S/C22H32N4O6/c1-13(2)24-19(29)18(15-7-8-17(28)14(3)11-15)26(10-9-23)20(30)16(12-27)25-21(31)32-22(4,5)6/h7-8,11,13,16,18,27-28H,10,12H2,1-6H3,(H,24,29)(H,25,31). The quantitative estimate of drug-likeness (QED) is 0.440. The third-order valence-corrected chi connectivity index (χ3v) is 4.22. The number of carbonyl (C=O) groups excluding carboxylic acids is 3. The van der Waals surface area contributed by atoms with Crippen molar-refractivity contribution in [2.24, 2.45) is 0 Å². The number of hydrogen-bond acceptors (Lipinski definition) is 7. The highest BCUT2D eigenvalue weighted by Gasteiger charge is 2.36. The van der Waals surface area contributed by atoms with E-state index in [-0.39, 0.29) is 11.8 Å². The van der Waals surface area contributed by atoms with Gasteiger partial charge in [0.1, 0.15) is 30.0 Å². The van der Waals surface area contributed by atoms with Crippen LogP contribution in [0.3, 0.4) is 0 Å². The van der Waals surface area contributed by atoms with Gasteiger partial charge in [-0.15, -0.1) is 0 Å². The average molecular weight is 449 g/mol. The first-order valence-electron chi connectivity index (χ1n) is 10.2. The lowest BCUT2D eigenvalue weighted by Crippen LogP contribution is -2.54. The summed E-state index contributed by atoms with van der Waals surface area (Å²) in [5.74, 6) is -1.38. The highest BCUT2D eigenvalue weighted by Crippen LogP contribution is 2.27. The Morgan fingerprint density at radius 1 is 1.22 bits per heavy atom. The van der Waals surface area contributed by atoms with Crippen molar-refractivity contribution >= 4 is 17.9 Å². The molecule has 2 unspecified atom stereocenters. The zero-order chi connectivity index (χ0) is 24.6. The monoisotopic (exact) mass is 448 g/mol. The number of nitrogens with zero attached hydrogens (tertiary/aromatic N) is 2. The number of aliphatic hydroxyl groups is 1. The third kappa shape index (κ3) is 7.74. The van der Waals surface area contributed by atoms with E-state index < -0.39 is 48.7 Å². The van der Waals surface area contributed by atoms with Gasteiger partial charge in [0.05, 0.1) is 12.7 Å². The van der Waals surface area contributed by atoms with Crippen LogP contribution in [0.15, 0.2) is 18.2 Å². The Morgan fingerprint density at radius 3 is 2.31 bits per heavy atom. The van der Waals surface area contributed by atoms with Crippen molar-refractivity contribution < 1.29 is 29.3 Å². The van der Waals surface area contributed by atoms with Crippen LogP contribution in [0.25, 0.3) is 0 Å². The van der Waals surface area contributed by atoms with Gasteiger partial charge in [-0.3, -0.25) is 9.59 Å². The van der Waals surface area contributed by atoms with Gasteiger partial charge in [0, 0.05) is 6.04 Å². The van der Waals surface area contributed by atoms with Gasteiger partial charge < -0.3 is 30.5 Å². The smallest absolute Gasteiger partial charge is 0.408 e. The lowest BCUT2D eigenvalue weighted by molar-refractivity contribution is -0.142. The van der Waals surface area contributed by atoms with E-state index in [1.807, 2.05) is 6.07 Å². The van der Waals surface area contributed by atoms with Crippen molar-refractivity contribution in [1.82, 2.24) is 15.5 Å². The number of amides is 3. The molecule has 1 aromatic carbocycles. The van der Waals surface area contributed by atoms with Crippen molar-refractivity contribution in [3.63, 3.8) is 0 Å². The van der Waals surface area contributed by atoms with Gasteiger partial charge in [0.15, 0.2) is 0 Å². The number of nitriles is 1. The summed E-state index contributed by atoms with van der Waals surface area (Å²) in [4.78, 5) is 39.4. The summed E-state index contributed by atoms with van der Waals surface area (Å²) in [5, 5.41) is 33.9. The zero-order valence-corrected chi connectivity index (χ0v) is 19.3. The Hall–Kier alpha value is -3.32. The Kier molecular flexibility index (Phi) is 9.47. The first-order chi connectivity index (χ1) is 14.8. The minimum atomic E-state index is -1.44. The average Bonchev–Trinajstić information content (AvgIpc) is 2.66. The number of aromatic hydroxyl groups is 1. The second-order valence-electron chi connectivity index (χ2n) is 8.62. The van der Waals surface area contributed by atoms with E-state index in [4.69, 9.17) is 4.74 Å². The molecule has 0 spiro atoms. The molecule has 0 aliphatic carbocycles. The maximum atomic E-state index is 13.2. The number of alkyl carbamates (subject to hydrolysis) is 1. The fourth-order valence-corrected chi connectivity index (χ4v) is 2.89. The van der Waals surface area contributed by atoms with Gasteiger partial charge >= 0.3 is 6.09 Å². The van der Waals surface area contributed by atoms with E-state index in [1.165, 1.54) is 18.2 Å². The molecule has 10 nitrogen and oxygen atoms in total. The van der Waals surface area contributed by atoms with Gasteiger partial charge in [0.25, 0.3) is 0 Å². The molecule has 0 heterocycles. The van der Waals surface area contributed by atoms with Crippen LogP contribution in [0.4, 0.5) is 4.79 Å². The zero-order valence-electron chi connectivity index (χ0n) is 19.3. The number of phenolic OH excluding ortho intramolecular Hbond substituents is 1. The summed E-state index contributed by atoms with van der Waals surface area (Å²) < 4.78 is 5.13. The molecule has 2 atom stereocenters. The Bertz CT molecular complexity index is 872. The minimum Gasteiger partial charge on any atom is -0.508 e. The Balaban J connectivity index is 3.37. The molecule has 0 saturated heterocycles. The number of benzene rings is 1. The van der Waals surface area contributed by atoms with Gasteiger partial charge in [0.2, 0.25) is 11.8 Å². The molecular weight excluding hydrogens is 416 g/mol. The normalized spacial score (nSPS) is 13.0. The molecule has 10 heteroatoms. The minimum absolute atomic E-state index is 0.00903. The van der Waals surface area contributed by atoms with Crippen LogP contribution >= 0.6 is 0 Å². The van der Waals surface area contributed by atoms with E-state index in [0.717, 1.165) is 4.90 Å². The largest absolute Gasteiger partial charge is 0.508 e. The molecule has 0 radical (unpaired) electrons. The second-order valence-corrected chi connectivity index (χ2v) is 8.62. The lowest BCUT2D eigenvalue weighted by Gasteiger charge is -2.33. The van der Waals surface area contributed by atoms with Crippen molar-refractivity contribution in [2.75, 3.05) is 13.2 Å². The number of hydrogen-bond donors (Lipinski definition) is 4. The molecule has 1 rings (SSSR count). The fraction of sp³-hybridized carbons (Fsp3) is 0.545. The van der Waals surface area contributed by atoms with Crippen LogP contribution < -0.4 is 10.6 Å². The topological polar surface area (TPSA) is 152 Å². The van der Waals surface area contributed by atoms with Crippen LogP contribution in [0, 0.1) is 18.3 Å². The molecule has 1 aromatic rings. The van der Waals surface area contributed by atoms with E-state index in [2.05, 4.69) is 10.6 Å². The van der Waals surface area contributed by atoms with Crippen molar-refractivity contribution in [1.29, 1.82) is 5.26 Å². The van der Waals surface area contributed by atoms with E-state index in [1.54, 1.807) is 41.5 Å². The molecule has 32 heavy (non-hydrogen) atoms. The Labute approximate surface area is 188 Å². The highest BCUT2D eigenvalue weighted by molar-refractivity contribution is 5.92. The summed E-state index contributed by atoms with van der Waals surface area (Å²) in [6, 6.07) is 3.32. The van der Waals surface area contributed by atoms with Crippen molar-refractivity contribution in [3.8, 4) is 11.8 Å². The predicted octanol–water partition coefficient (Wildman–Crippen LogP) is 1.50. The molecule has 4 N–H and O–H groups in total. The first kappa shape index (κ1) is 26.7. The van der Waals surface area contributed by atoms with Gasteiger partial charge in [-0.05, 0) is 64.8 Å². The molecule has 0 aromatic heterocycles. The Morgan fingerprint density at radius 2 is 1.84 bits per heavy atom. The molecule has 3 amide bonds. The predicted molar refractivity (Wildman–Crippen MR) is 116 cm³/mol. The number of rotatable bonds is 8. The van der Waals surface area contributed by atoms with Crippen LogP contribution in [0.5, 0.6) is 5.75 Å².